The Balaban J connectivity index is 3.18. The highest BCUT2D eigenvalue weighted by Gasteiger charge is 2.59. The standard InChI is InChI=1S/C17H36ClNO5SSi2/c1-10-27(11-2,12-3)24-16-14(15(20)19(16)25(18,21)22)13(4)23-26(8,9)17(5,6)7/h13-14,16H,10-12H2,1-9H3. The molecule has 0 spiro atoms. The fourth-order valence-electron chi connectivity index (χ4n) is 3.21. The van der Waals surface area contributed by atoms with Gasteiger partial charge in [0.1, 0.15) is 5.92 Å². The van der Waals surface area contributed by atoms with Crippen molar-refractivity contribution in [1.29, 1.82) is 0 Å². The molecular weight excluding hydrogens is 422 g/mol. The largest absolute Gasteiger partial charge is 0.413 e. The summed E-state index contributed by atoms with van der Waals surface area (Å²) >= 11 is 0. The summed E-state index contributed by atoms with van der Waals surface area (Å²) in [6, 6.07) is 2.56. The van der Waals surface area contributed by atoms with Gasteiger partial charge >= 0.3 is 9.24 Å². The molecule has 1 aliphatic heterocycles. The van der Waals surface area contributed by atoms with Crippen molar-refractivity contribution in [3.8, 4) is 0 Å². The minimum Gasteiger partial charge on any atom is -0.413 e. The molecule has 0 aromatic carbocycles. The minimum absolute atomic E-state index is 0.0164. The highest BCUT2D eigenvalue weighted by molar-refractivity contribution is 8.12. The van der Waals surface area contributed by atoms with Crippen molar-refractivity contribution in [3.05, 3.63) is 0 Å². The van der Waals surface area contributed by atoms with Crippen LogP contribution in [0.15, 0.2) is 0 Å². The van der Waals surface area contributed by atoms with E-state index >= 15 is 0 Å². The number of amides is 1. The van der Waals surface area contributed by atoms with E-state index in [1.807, 2.05) is 6.92 Å². The van der Waals surface area contributed by atoms with Crippen LogP contribution in [0.2, 0.25) is 36.3 Å². The lowest BCUT2D eigenvalue weighted by atomic mass is 9.94. The van der Waals surface area contributed by atoms with E-state index < -0.39 is 50.0 Å². The molecule has 3 atom stereocenters. The van der Waals surface area contributed by atoms with Crippen molar-refractivity contribution >= 4 is 42.5 Å². The smallest absolute Gasteiger partial charge is 0.326 e. The van der Waals surface area contributed by atoms with Crippen molar-refractivity contribution in [2.24, 2.45) is 5.92 Å². The Morgan fingerprint density at radius 2 is 1.59 bits per heavy atom. The Morgan fingerprint density at radius 1 is 1.15 bits per heavy atom. The lowest BCUT2D eigenvalue weighted by Gasteiger charge is -2.51. The van der Waals surface area contributed by atoms with E-state index in [2.05, 4.69) is 54.6 Å². The number of nitrogens with zero attached hydrogens (tertiary/aromatic N) is 1. The molecule has 1 aliphatic rings. The van der Waals surface area contributed by atoms with E-state index in [9.17, 15) is 13.2 Å². The van der Waals surface area contributed by atoms with Gasteiger partial charge in [0.15, 0.2) is 22.9 Å². The highest BCUT2D eigenvalue weighted by Crippen LogP contribution is 2.43. The van der Waals surface area contributed by atoms with E-state index in [0.717, 1.165) is 18.1 Å². The van der Waals surface area contributed by atoms with Crippen LogP contribution < -0.4 is 0 Å². The molecule has 0 aliphatic carbocycles. The SMILES string of the molecule is CC[Si](CC)(CC)OC1C(C(C)O[Si](C)(C)C(C)(C)C)C(=O)N1S(=O)(=O)Cl. The fraction of sp³-hybridized carbons (Fsp3) is 0.941. The van der Waals surface area contributed by atoms with Crippen molar-refractivity contribution in [3.63, 3.8) is 0 Å². The second kappa shape index (κ2) is 8.43. The molecule has 3 unspecified atom stereocenters. The molecule has 0 N–H and O–H groups in total. The zero-order valence-corrected chi connectivity index (χ0v) is 21.7. The van der Waals surface area contributed by atoms with Crippen LogP contribution in [0.4, 0.5) is 0 Å². The number of hydrogen-bond acceptors (Lipinski definition) is 5. The highest BCUT2D eigenvalue weighted by atomic mass is 35.7. The fourth-order valence-corrected chi connectivity index (χ4v) is 8.68. The number of β-lactam (4-membered cyclic amide) rings is 1. The number of rotatable bonds is 9. The van der Waals surface area contributed by atoms with Crippen LogP contribution in [-0.2, 0) is 22.9 Å². The summed E-state index contributed by atoms with van der Waals surface area (Å²) in [5, 5.41) is -0.0164. The van der Waals surface area contributed by atoms with Gasteiger partial charge in [0.05, 0.1) is 6.10 Å². The van der Waals surface area contributed by atoms with E-state index in [-0.39, 0.29) is 5.04 Å². The molecule has 0 bridgehead atoms. The van der Waals surface area contributed by atoms with Gasteiger partial charge in [-0.2, -0.15) is 12.7 Å². The van der Waals surface area contributed by atoms with Gasteiger partial charge < -0.3 is 8.85 Å². The maximum atomic E-state index is 12.7. The van der Waals surface area contributed by atoms with Crippen LogP contribution in [0.5, 0.6) is 0 Å². The predicted molar refractivity (Wildman–Crippen MR) is 115 cm³/mol. The van der Waals surface area contributed by atoms with Gasteiger partial charge in [0.25, 0.3) is 0 Å². The average molecular weight is 458 g/mol. The molecule has 6 nitrogen and oxygen atoms in total. The van der Waals surface area contributed by atoms with Crippen LogP contribution in [0, 0.1) is 5.92 Å². The summed E-state index contributed by atoms with van der Waals surface area (Å²) in [6.45, 7) is 18.6. The zero-order chi connectivity index (χ0) is 21.4. The second-order valence-electron chi connectivity index (χ2n) is 8.94. The van der Waals surface area contributed by atoms with Crippen LogP contribution in [0.1, 0.15) is 48.5 Å². The quantitative estimate of drug-likeness (QED) is 0.285. The molecule has 10 heteroatoms. The van der Waals surface area contributed by atoms with Crippen LogP contribution in [-0.4, -0.2) is 47.6 Å². The molecule has 0 radical (unpaired) electrons. The van der Waals surface area contributed by atoms with Crippen molar-refractivity contribution in [2.75, 3.05) is 0 Å². The van der Waals surface area contributed by atoms with Gasteiger partial charge in [0.2, 0.25) is 5.91 Å². The normalized spacial score (nSPS) is 23.3. The first-order valence-electron chi connectivity index (χ1n) is 9.70. The zero-order valence-electron chi connectivity index (χ0n) is 18.1. The van der Waals surface area contributed by atoms with Gasteiger partial charge in [-0.1, -0.05) is 41.5 Å². The Bertz CT molecular complexity index is 638. The van der Waals surface area contributed by atoms with Gasteiger partial charge in [-0.3, -0.25) is 4.79 Å². The molecule has 1 fully saturated rings. The Kier molecular flexibility index (Phi) is 7.84. The number of hydrogen-bond donors (Lipinski definition) is 0. The lowest BCUT2D eigenvalue weighted by molar-refractivity contribution is -0.171. The molecule has 160 valence electrons. The van der Waals surface area contributed by atoms with Crippen LogP contribution in [0.3, 0.4) is 0 Å². The molecule has 1 heterocycles. The first-order chi connectivity index (χ1) is 12.1. The molecule has 0 saturated carbocycles. The van der Waals surface area contributed by atoms with E-state index in [1.165, 1.54) is 0 Å². The number of carbonyl (C=O) groups excluding carboxylic acids is 1. The average Bonchev–Trinajstić information content (AvgIpc) is 2.48. The molecular formula is C17H36ClNO5SSi2. The third kappa shape index (κ3) is 5.16. The Labute approximate surface area is 171 Å². The third-order valence-corrected chi connectivity index (χ3v) is 16.9. The predicted octanol–water partition coefficient (Wildman–Crippen LogP) is 4.69. The summed E-state index contributed by atoms with van der Waals surface area (Å²) in [7, 11) is -2.92. The second-order valence-corrected chi connectivity index (χ2v) is 20.8. The van der Waals surface area contributed by atoms with Crippen molar-refractivity contribution in [1.82, 2.24) is 4.31 Å². The molecule has 1 rings (SSSR count). The first kappa shape index (κ1) is 25.1. The summed E-state index contributed by atoms with van der Waals surface area (Å²) in [6.07, 6.45) is -1.30. The van der Waals surface area contributed by atoms with Gasteiger partial charge in [-0.05, 0) is 43.2 Å². The first-order valence-corrected chi connectivity index (χ1v) is 17.4. The molecule has 0 aromatic rings. The maximum absolute atomic E-state index is 12.7. The third-order valence-electron chi connectivity index (χ3n) is 6.37. The molecule has 27 heavy (non-hydrogen) atoms. The van der Waals surface area contributed by atoms with Gasteiger partial charge in [-0.25, -0.2) is 0 Å². The maximum Gasteiger partial charge on any atom is 0.326 e. The van der Waals surface area contributed by atoms with Crippen LogP contribution in [0.25, 0.3) is 0 Å². The van der Waals surface area contributed by atoms with Gasteiger partial charge in [0, 0.05) is 10.7 Å². The summed E-state index contributed by atoms with van der Waals surface area (Å²) in [5.41, 5.74) is 0. The Morgan fingerprint density at radius 3 is 1.93 bits per heavy atom. The van der Waals surface area contributed by atoms with E-state index in [4.69, 9.17) is 19.5 Å². The summed E-state index contributed by atoms with van der Waals surface area (Å²) in [4.78, 5) is 12.7. The summed E-state index contributed by atoms with van der Waals surface area (Å²) in [5.74, 6) is -1.18. The Hall–Kier alpha value is 0.0638. The van der Waals surface area contributed by atoms with E-state index in [1.54, 1.807) is 0 Å². The molecule has 1 saturated heterocycles. The van der Waals surface area contributed by atoms with Gasteiger partial charge in [-0.15, -0.1) is 0 Å². The number of halogens is 1. The molecule has 1 amide bonds. The monoisotopic (exact) mass is 457 g/mol. The molecule has 0 aromatic heterocycles. The van der Waals surface area contributed by atoms with Crippen LogP contribution >= 0.6 is 10.7 Å². The minimum atomic E-state index is -4.19. The topological polar surface area (TPSA) is 72.9 Å². The number of carbonyl (C=O) groups is 1. The van der Waals surface area contributed by atoms with Crippen molar-refractivity contribution in [2.45, 2.75) is 97.1 Å². The van der Waals surface area contributed by atoms with E-state index in [0.29, 0.717) is 4.31 Å². The lowest BCUT2D eigenvalue weighted by Crippen LogP contribution is -2.69. The van der Waals surface area contributed by atoms with Crippen molar-refractivity contribution < 1.29 is 22.1 Å². The summed E-state index contributed by atoms with van der Waals surface area (Å²) < 4.78 is 37.4.